The normalized spacial score (nSPS) is 20.2. The number of nitrogens with zero attached hydrogens (tertiary/aromatic N) is 3. The fourth-order valence-corrected chi connectivity index (χ4v) is 3.59. The van der Waals surface area contributed by atoms with Gasteiger partial charge in [0.2, 0.25) is 17.7 Å². The third kappa shape index (κ3) is 4.44. The minimum atomic E-state index is -0.103. The Morgan fingerprint density at radius 3 is 2.57 bits per heavy atom. The molecule has 2 heterocycles. The van der Waals surface area contributed by atoms with Gasteiger partial charge in [-0.05, 0) is 25.0 Å². The zero-order valence-corrected chi connectivity index (χ0v) is 15.9. The molecule has 1 saturated carbocycles. The SMILES string of the molecule is O=C(CN1CCN(C(=O)CN2C(=O)CCOc3ccccc32)CC1)NC1CC1. The van der Waals surface area contributed by atoms with E-state index in [0.717, 1.165) is 12.8 Å². The van der Waals surface area contributed by atoms with Crippen LogP contribution < -0.4 is 15.0 Å². The first-order valence-corrected chi connectivity index (χ1v) is 9.92. The summed E-state index contributed by atoms with van der Waals surface area (Å²) in [4.78, 5) is 42.6. The van der Waals surface area contributed by atoms with Crippen molar-refractivity contribution in [2.75, 3.05) is 50.8 Å². The van der Waals surface area contributed by atoms with Crippen molar-refractivity contribution in [1.29, 1.82) is 0 Å². The number of benzene rings is 1. The van der Waals surface area contributed by atoms with E-state index in [4.69, 9.17) is 4.74 Å². The second-order valence-electron chi connectivity index (χ2n) is 7.54. The first-order valence-electron chi connectivity index (χ1n) is 9.92. The smallest absolute Gasteiger partial charge is 0.242 e. The van der Waals surface area contributed by atoms with Gasteiger partial charge in [0.05, 0.1) is 25.3 Å². The summed E-state index contributed by atoms with van der Waals surface area (Å²) in [6.45, 7) is 3.18. The topological polar surface area (TPSA) is 82.2 Å². The van der Waals surface area contributed by atoms with Crippen LogP contribution in [0.25, 0.3) is 0 Å². The molecule has 0 unspecified atom stereocenters. The minimum absolute atomic E-state index is 0.0153. The lowest BCUT2D eigenvalue weighted by molar-refractivity contribution is -0.133. The van der Waals surface area contributed by atoms with Gasteiger partial charge in [0.15, 0.2) is 0 Å². The first-order chi connectivity index (χ1) is 13.6. The van der Waals surface area contributed by atoms with E-state index in [0.29, 0.717) is 56.8 Å². The second-order valence-corrected chi connectivity index (χ2v) is 7.54. The van der Waals surface area contributed by atoms with Crippen molar-refractivity contribution >= 4 is 23.4 Å². The maximum absolute atomic E-state index is 12.8. The van der Waals surface area contributed by atoms with Crippen molar-refractivity contribution in [2.45, 2.75) is 25.3 Å². The molecule has 28 heavy (non-hydrogen) atoms. The summed E-state index contributed by atoms with van der Waals surface area (Å²) in [5, 5.41) is 2.99. The Hall–Kier alpha value is -2.61. The number of hydrogen-bond acceptors (Lipinski definition) is 5. The molecule has 2 aliphatic heterocycles. The van der Waals surface area contributed by atoms with Gasteiger partial charge in [-0.15, -0.1) is 0 Å². The van der Waals surface area contributed by atoms with Crippen LogP contribution >= 0.6 is 0 Å². The standard InChI is InChI=1S/C20H26N4O4/c25-18(21-15-5-6-15)13-22-8-10-23(11-9-22)20(27)14-24-16-3-1-2-4-17(16)28-12-7-19(24)26/h1-4,15H,5-14H2,(H,21,25). The number of piperazine rings is 1. The van der Waals surface area contributed by atoms with Crippen LogP contribution in [0.4, 0.5) is 5.69 Å². The number of nitrogens with one attached hydrogen (secondary N) is 1. The van der Waals surface area contributed by atoms with Gasteiger partial charge in [0.1, 0.15) is 12.3 Å². The lowest BCUT2D eigenvalue weighted by atomic mass is 10.2. The first kappa shape index (κ1) is 18.7. The van der Waals surface area contributed by atoms with Crippen LogP contribution in [0.3, 0.4) is 0 Å². The Morgan fingerprint density at radius 1 is 1.07 bits per heavy atom. The Bertz CT molecular complexity index is 756. The summed E-state index contributed by atoms with van der Waals surface area (Å²) in [5.41, 5.74) is 0.647. The molecule has 1 aliphatic carbocycles. The molecule has 3 amide bonds. The summed E-state index contributed by atoms with van der Waals surface area (Å²) < 4.78 is 5.63. The van der Waals surface area contributed by atoms with Gasteiger partial charge < -0.3 is 15.0 Å². The lowest BCUT2D eigenvalue weighted by Gasteiger charge is -2.35. The van der Waals surface area contributed by atoms with E-state index in [1.54, 1.807) is 4.90 Å². The van der Waals surface area contributed by atoms with Gasteiger partial charge in [0.25, 0.3) is 0 Å². The van der Waals surface area contributed by atoms with Gasteiger partial charge in [-0.3, -0.25) is 24.2 Å². The van der Waals surface area contributed by atoms with Gasteiger partial charge in [0, 0.05) is 32.2 Å². The number of rotatable bonds is 5. The molecule has 8 heteroatoms. The molecule has 1 saturated heterocycles. The maximum atomic E-state index is 12.8. The number of anilines is 1. The highest BCUT2D eigenvalue weighted by atomic mass is 16.5. The van der Waals surface area contributed by atoms with Crippen molar-refractivity contribution in [3.63, 3.8) is 0 Å². The predicted molar refractivity (Wildman–Crippen MR) is 103 cm³/mol. The highest BCUT2D eigenvalue weighted by Crippen LogP contribution is 2.30. The number of carbonyl (C=O) groups excluding carboxylic acids is 3. The zero-order chi connectivity index (χ0) is 19.5. The molecule has 0 radical (unpaired) electrons. The molecular formula is C20H26N4O4. The summed E-state index contributed by atoms with van der Waals surface area (Å²) in [6, 6.07) is 7.68. The fourth-order valence-electron chi connectivity index (χ4n) is 3.59. The number of amides is 3. The Morgan fingerprint density at radius 2 is 1.82 bits per heavy atom. The van der Waals surface area contributed by atoms with E-state index in [1.165, 1.54) is 4.90 Å². The molecule has 1 aromatic rings. The van der Waals surface area contributed by atoms with E-state index in [-0.39, 0.29) is 30.7 Å². The highest BCUT2D eigenvalue weighted by molar-refractivity contribution is 6.00. The number of fused-ring (bicyclic) bond motifs is 1. The quantitative estimate of drug-likeness (QED) is 0.783. The molecule has 3 aliphatic rings. The average molecular weight is 386 g/mol. The third-order valence-corrected chi connectivity index (χ3v) is 5.36. The van der Waals surface area contributed by atoms with Gasteiger partial charge in [-0.25, -0.2) is 0 Å². The van der Waals surface area contributed by atoms with Crippen molar-refractivity contribution in [3.05, 3.63) is 24.3 Å². The van der Waals surface area contributed by atoms with E-state index in [2.05, 4.69) is 10.2 Å². The lowest BCUT2D eigenvalue weighted by Crippen LogP contribution is -2.53. The molecule has 4 rings (SSSR count). The molecule has 0 atom stereocenters. The van der Waals surface area contributed by atoms with Gasteiger partial charge in [-0.2, -0.15) is 0 Å². The van der Waals surface area contributed by atoms with Gasteiger partial charge >= 0.3 is 0 Å². The Labute approximate surface area is 164 Å². The van der Waals surface area contributed by atoms with Crippen LogP contribution in [-0.2, 0) is 14.4 Å². The second kappa shape index (κ2) is 8.18. The van der Waals surface area contributed by atoms with E-state index in [9.17, 15) is 14.4 Å². The maximum Gasteiger partial charge on any atom is 0.242 e. The number of ether oxygens (including phenoxy) is 1. The van der Waals surface area contributed by atoms with Crippen LogP contribution in [0.15, 0.2) is 24.3 Å². The summed E-state index contributed by atoms with van der Waals surface area (Å²) in [7, 11) is 0. The summed E-state index contributed by atoms with van der Waals surface area (Å²) >= 11 is 0. The highest BCUT2D eigenvalue weighted by Gasteiger charge is 2.29. The largest absolute Gasteiger partial charge is 0.491 e. The van der Waals surface area contributed by atoms with Crippen molar-refractivity contribution in [1.82, 2.24) is 15.1 Å². The van der Waals surface area contributed by atoms with Crippen molar-refractivity contribution in [2.24, 2.45) is 0 Å². The fraction of sp³-hybridized carbons (Fsp3) is 0.550. The monoisotopic (exact) mass is 386 g/mol. The van der Waals surface area contributed by atoms with Crippen LogP contribution in [0, 0.1) is 0 Å². The molecule has 0 bridgehead atoms. The average Bonchev–Trinajstić information content (AvgIpc) is 3.51. The summed E-state index contributed by atoms with van der Waals surface area (Å²) in [6.07, 6.45) is 2.42. The number of hydrogen-bond donors (Lipinski definition) is 1. The molecule has 150 valence electrons. The Kier molecular flexibility index (Phi) is 5.47. The van der Waals surface area contributed by atoms with E-state index in [1.807, 2.05) is 24.3 Å². The molecule has 0 spiro atoms. The number of para-hydroxylation sites is 2. The molecule has 1 N–H and O–H groups in total. The van der Waals surface area contributed by atoms with Crippen LogP contribution in [0.1, 0.15) is 19.3 Å². The van der Waals surface area contributed by atoms with Crippen molar-refractivity contribution < 1.29 is 19.1 Å². The summed E-state index contributed by atoms with van der Waals surface area (Å²) in [5.74, 6) is 0.516. The molecule has 8 nitrogen and oxygen atoms in total. The molecule has 0 aromatic heterocycles. The predicted octanol–water partition coefficient (Wildman–Crippen LogP) is 0.225. The van der Waals surface area contributed by atoms with E-state index < -0.39 is 0 Å². The molecule has 1 aromatic carbocycles. The van der Waals surface area contributed by atoms with Gasteiger partial charge in [-0.1, -0.05) is 12.1 Å². The minimum Gasteiger partial charge on any atom is -0.491 e. The van der Waals surface area contributed by atoms with E-state index >= 15 is 0 Å². The third-order valence-electron chi connectivity index (χ3n) is 5.36. The van der Waals surface area contributed by atoms with Crippen LogP contribution in [-0.4, -0.2) is 79.4 Å². The van der Waals surface area contributed by atoms with Crippen LogP contribution in [0.2, 0.25) is 0 Å². The number of carbonyl (C=O) groups is 3. The molecular weight excluding hydrogens is 360 g/mol. The zero-order valence-electron chi connectivity index (χ0n) is 15.9. The van der Waals surface area contributed by atoms with Crippen LogP contribution in [0.5, 0.6) is 5.75 Å². The molecule has 2 fully saturated rings. The van der Waals surface area contributed by atoms with Crippen molar-refractivity contribution in [3.8, 4) is 5.75 Å². The Balaban J connectivity index is 1.31.